The second-order valence-electron chi connectivity index (χ2n) is 8.85. The second-order valence-corrected chi connectivity index (χ2v) is 9.77. The topological polar surface area (TPSA) is 50.5 Å². The SMILES string of the molecule is CC(C)Cc1cc(C(=O)N2CCCCC[C@H]2C)nc2cc(-c3ccc(Br)cc3F)nn12. The maximum absolute atomic E-state index is 14.5. The molecule has 4 rings (SSSR count). The van der Waals surface area contributed by atoms with Crippen LogP contribution in [0.5, 0.6) is 0 Å². The molecule has 1 fully saturated rings. The van der Waals surface area contributed by atoms with Gasteiger partial charge in [0.15, 0.2) is 5.65 Å². The third-order valence-corrected chi connectivity index (χ3v) is 6.35. The molecule has 31 heavy (non-hydrogen) atoms. The Morgan fingerprint density at radius 1 is 1.23 bits per heavy atom. The van der Waals surface area contributed by atoms with Crippen LogP contribution in [0.3, 0.4) is 0 Å². The average molecular weight is 487 g/mol. The zero-order valence-electron chi connectivity index (χ0n) is 18.2. The summed E-state index contributed by atoms with van der Waals surface area (Å²) in [5, 5.41) is 4.64. The van der Waals surface area contributed by atoms with Crippen LogP contribution in [-0.4, -0.2) is 38.0 Å². The maximum Gasteiger partial charge on any atom is 0.272 e. The number of hydrogen-bond acceptors (Lipinski definition) is 3. The molecule has 164 valence electrons. The van der Waals surface area contributed by atoms with Gasteiger partial charge in [-0.15, -0.1) is 0 Å². The molecule has 0 spiro atoms. The van der Waals surface area contributed by atoms with Crippen LogP contribution in [0.15, 0.2) is 34.8 Å². The van der Waals surface area contributed by atoms with Gasteiger partial charge in [-0.05, 0) is 56.4 Å². The molecule has 1 aromatic carbocycles. The van der Waals surface area contributed by atoms with Crippen molar-refractivity contribution in [1.82, 2.24) is 19.5 Å². The molecule has 3 aromatic rings. The zero-order valence-corrected chi connectivity index (χ0v) is 19.8. The van der Waals surface area contributed by atoms with Crippen LogP contribution in [-0.2, 0) is 6.42 Å². The highest BCUT2D eigenvalue weighted by Crippen LogP contribution is 2.27. The Morgan fingerprint density at radius 3 is 2.77 bits per heavy atom. The van der Waals surface area contributed by atoms with E-state index in [1.54, 1.807) is 22.7 Å². The van der Waals surface area contributed by atoms with E-state index in [2.05, 4.69) is 46.8 Å². The van der Waals surface area contributed by atoms with Crippen molar-refractivity contribution in [3.63, 3.8) is 0 Å². The number of amides is 1. The Balaban J connectivity index is 1.79. The molecule has 0 aliphatic carbocycles. The lowest BCUT2D eigenvalue weighted by Crippen LogP contribution is -2.38. The predicted octanol–water partition coefficient (Wildman–Crippen LogP) is 5.90. The van der Waals surface area contributed by atoms with Crippen molar-refractivity contribution in [3.8, 4) is 11.3 Å². The Morgan fingerprint density at radius 2 is 2.03 bits per heavy atom. The summed E-state index contributed by atoms with van der Waals surface area (Å²) in [5.41, 5.74) is 2.85. The van der Waals surface area contributed by atoms with E-state index in [0.717, 1.165) is 44.3 Å². The van der Waals surface area contributed by atoms with Crippen molar-refractivity contribution in [2.24, 2.45) is 5.92 Å². The minimum atomic E-state index is -0.349. The summed E-state index contributed by atoms with van der Waals surface area (Å²) in [5.74, 6) is 0.0000829. The predicted molar refractivity (Wildman–Crippen MR) is 124 cm³/mol. The summed E-state index contributed by atoms with van der Waals surface area (Å²) in [7, 11) is 0. The van der Waals surface area contributed by atoms with Gasteiger partial charge in [-0.25, -0.2) is 13.9 Å². The number of halogens is 2. The molecule has 1 amide bonds. The minimum Gasteiger partial charge on any atom is -0.335 e. The Bertz CT molecular complexity index is 1110. The molecule has 7 heteroatoms. The molecule has 5 nitrogen and oxygen atoms in total. The summed E-state index contributed by atoms with van der Waals surface area (Å²) >= 11 is 3.30. The van der Waals surface area contributed by atoms with Gasteiger partial charge in [-0.2, -0.15) is 5.10 Å². The molecular formula is C24H28BrFN4O. The Kier molecular flexibility index (Phi) is 6.42. The van der Waals surface area contributed by atoms with Gasteiger partial charge in [0.25, 0.3) is 5.91 Å². The van der Waals surface area contributed by atoms with Gasteiger partial charge in [-0.3, -0.25) is 4.79 Å². The van der Waals surface area contributed by atoms with Crippen LogP contribution in [0.2, 0.25) is 0 Å². The van der Waals surface area contributed by atoms with Gasteiger partial charge in [0.05, 0.1) is 5.69 Å². The van der Waals surface area contributed by atoms with E-state index < -0.39 is 0 Å². The highest BCUT2D eigenvalue weighted by atomic mass is 79.9. The fourth-order valence-electron chi connectivity index (χ4n) is 4.26. The number of hydrogen-bond donors (Lipinski definition) is 0. The Hall–Kier alpha value is -2.28. The molecule has 0 bridgehead atoms. The number of carbonyl (C=O) groups is 1. The summed E-state index contributed by atoms with van der Waals surface area (Å²) in [4.78, 5) is 20.0. The van der Waals surface area contributed by atoms with Gasteiger partial charge in [0, 0.05) is 34.4 Å². The first kappa shape index (κ1) is 21.9. The highest BCUT2D eigenvalue weighted by molar-refractivity contribution is 9.10. The van der Waals surface area contributed by atoms with Crippen LogP contribution in [0.4, 0.5) is 4.39 Å². The third kappa shape index (κ3) is 4.66. The number of nitrogens with zero attached hydrogens (tertiary/aromatic N) is 4. The smallest absolute Gasteiger partial charge is 0.272 e. The highest BCUT2D eigenvalue weighted by Gasteiger charge is 2.25. The third-order valence-electron chi connectivity index (χ3n) is 5.86. The van der Waals surface area contributed by atoms with Gasteiger partial charge in [-0.1, -0.05) is 42.6 Å². The standard InChI is InChI=1S/C24H28BrFN4O/c1-15(2)11-18-13-22(24(31)29-10-6-4-5-7-16(29)3)27-23-14-21(28-30(18)23)19-9-8-17(25)12-20(19)26/h8-9,12-16H,4-7,10-11H2,1-3H3/t16-/m1/s1. The van der Waals surface area contributed by atoms with E-state index in [4.69, 9.17) is 0 Å². The van der Waals surface area contributed by atoms with E-state index >= 15 is 0 Å². The van der Waals surface area contributed by atoms with Gasteiger partial charge in [0.2, 0.25) is 0 Å². The summed E-state index contributed by atoms with van der Waals surface area (Å²) < 4.78 is 17.0. The Labute approximate surface area is 190 Å². The van der Waals surface area contributed by atoms with Crippen LogP contribution < -0.4 is 0 Å². The number of benzene rings is 1. The van der Waals surface area contributed by atoms with Crippen molar-refractivity contribution in [1.29, 1.82) is 0 Å². The van der Waals surface area contributed by atoms with Gasteiger partial charge in [0.1, 0.15) is 11.5 Å². The normalized spacial score (nSPS) is 17.4. The van der Waals surface area contributed by atoms with Crippen molar-refractivity contribution in [2.45, 2.75) is 58.9 Å². The molecule has 0 radical (unpaired) electrons. The molecule has 1 atom stereocenters. The number of rotatable bonds is 4. The van der Waals surface area contributed by atoms with Gasteiger partial charge >= 0.3 is 0 Å². The maximum atomic E-state index is 14.5. The lowest BCUT2D eigenvalue weighted by atomic mass is 10.1. The van der Waals surface area contributed by atoms with Crippen molar-refractivity contribution in [3.05, 3.63) is 52.0 Å². The monoisotopic (exact) mass is 486 g/mol. The zero-order chi connectivity index (χ0) is 22.1. The van der Waals surface area contributed by atoms with Crippen LogP contribution in [0.25, 0.3) is 16.9 Å². The van der Waals surface area contributed by atoms with E-state index in [1.807, 2.05) is 11.0 Å². The summed E-state index contributed by atoms with van der Waals surface area (Å²) in [6, 6.07) is 8.76. The minimum absolute atomic E-state index is 0.0283. The van der Waals surface area contributed by atoms with Crippen LogP contribution in [0, 0.1) is 11.7 Å². The van der Waals surface area contributed by atoms with Crippen molar-refractivity contribution >= 4 is 27.5 Å². The first-order valence-electron chi connectivity index (χ1n) is 11.0. The molecular weight excluding hydrogens is 459 g/mol. The first-order valence-corrected chi connectivity index (χ1v) is 11.8. The first-order chi connectivity index (χ1) is 14.8. The fourth-order valence-corrected chi connectivity index (χ4v) is 4.60. The molecule has 0 unspecified atom stereocenters. The van der Waals surface area contributed by atoms with E-state index in [1.165, 1.54) is 6.07 Å². The number of fused-ring (bicyclic) bond motifs is 1. The van der Waals surface area contributed by atoms with Crippen molar-refractivity contribution in [2.75, 3.05) is 6.54 Å². The largest absolute Gasteiger partial charge is 0.335 e. The fraction of sp³-hybridized carbons (Fsp3) is 0.458. The number of carbonyl (C=O) groups excluding carboxylic acids is 1. The van der Waals surface area contributed by atoms with Crippen molar-refractivity contribution < 1.29 is 9.18 Å². The van der Waals surface area contributed by atoms with E-state index in [9.17, 15) is 9.18 Å². The van der Waals surface area contributed by atoms with Crippen LogP contribution in [0.1, 0.15) is 62.6 Å². The quantitative estimate of drug-likeness (QED) is 0.461. The molecule has 1 aliphatic heterocycles. The van der Waals surface area contributed by atoms with E-state index in [-0.39, 0.29) is 17.8 Å². The molecule has 0 N–H and O–H groups in total. The molecule has 3 heterocycles. The lowest BCUT2D eigenvalue weighted by molar-refractivity contribution is 0.0691. The summed E-state index contributed by atoms with van der Waals surface area (Å²) in [6.45, 7) is 7.14. The van der Waals surface area contributed by atoms with E-state index in [0.29, 0.717) is 33.0 Å². The molecule has 0 saturated carbocycles. The van der Waals surface area contributed by atoms with Gasteiger partial charge < -0.3 is 4.90 Å². The average Bonchev–Trinajstić information content (AvgIpc) is 3.02. The molecule has 1 aliphatic rings. The summed E-state index contributed by atoms with van der Waals surface area (Å²) in [6.07, 6.45) is 5.10. The second kappa shape index (κ2) is 9.07. The lowest BCUT2D eigenvalue weighted by Gasteiger charge is -2.27. The molecule has 2 aromatic heterocycles. The number of aromatic nitrogens is 3. The number of likely N-dealkylation sites (tertiary alicyclic amines) is 1. The van der Waals surface area contributed by atoms with Crippen LogP contribution >= 0.6 is 15.9 Å². The molecule has 1 saturated heterocycles.